The highest BCUT2D eigenvalue weighted by Crippen LogP contribution is 2.40. The van der Waals surface area contributed by atoms with Crippen LogP contribution in [0.4, 0.5) is 4.39 Å². The predicted octanol–water partition coefficient (Wildman–Crippen LogP) is 4.85. The molecule has 162 valence electrons. The lowest BCUT2D eigenvalue weighted by Crippen LogP contribution is -2.29. The van der Waals surface area contributed by atoms with Gasteiger partial charge in [0, 0.05) is 12.1 Å². The standard InChI is InChI=1S/C26H22FNO4/c1-2-32-21-10-6-9-19(15-21)24(29)22-23(18-7-4-3-5-8-18)28(26(31)25(22)30)16-17-11-13-20(27)14-12-17/h3-15,23,29H,2,16H2,1H3/b24-22-. The SMILES string of the molecule is CCOc1cccc(/C(O)=C2/C(=O)C(=O)N(Cc3ccc(F)cc3)C2c2ccccc2)c1. The summed E-state index contributed by atoms with van der Waals surface area (Å²) in [6.07, 6.45) is 0. The summed E-state index contributed by atoms with van der Waals surface area (Å²) in [6.45, 7) is 2.40. The summed E-state index contributed by atoms with van der Waals surface area (Å²) in [7, 11) is 0. The number of halogens is 1. The van der Waals surface area contributed by atoms with Crippen LogP contribution >= 0.6 is 0 Å². The first-order valence-corrected chi connectivity index (χ1v) is 10.3. The number of aliphatic hydroxyl groups is 1. The number of likely N-dealkylation sites (tertiary alicyclic amines) is 1. The molecule has 0 radical (unpaired) electrons. The number of ketones is 1. The lowest BCUT2D eigenvalue weighted by Gasteiger charge is -2.25. The summed E-state index contributed by atoms with van der Waals surface area (Å²) < 4.78 is 18.8. The van der Waals surface area contributed by atoms with E-state index in [9.17, 15) is 19.1 Å². The van der Waals surface area contributed by atoms with Crippen molar-refractivity contribution >= 4 is 17.4 Å². The van der Waals surface area contributed by atoms with Crippen LogP contribution in [-0.2, 0) is 16.1 Å². The van der Waals surface area contributed by atoms with Crippen LogP contribution in [0, 0.1) is 5.82 Å². The number of rotatable bonds is 6. The van der Waals surface area contributed by atoms with Gasteiger partial charge in [-0.3, -0.25) is 9.59 Å². The fourth-order valence-electron chi connectivity index (χ4n) is 3.87. The number of benzene rings is 3. The van der Waals surface area contributed by atoms with Crippen LogP contribution in [0.15, 0.2) is 84.4 Å². The molecule has 1 unspecified atom stereocenters. The van der Waals surface area contributed by atoms with E-state index in [-0.39, 0.29) is 23.7 Å². The van der Waals surface area contributed by atoms with Gasteiger partial charge in [0.1, 0.15) is 17.3 Å². The number of amides is 1. The summed E-state index contributed by atoms with van der Waals surface area (Å²) in [5, 5.41) is 11.1. The van der Waals surface area contributed by atoms with E-state index in [0.717, 1.165) is 0 Å². The minimum atomic E-state index is -0.781. The molecule has 0 saturated carbocycles. The van der Waals surface area contributed by atoms with Gasteiger partial charge in [-0.1, -0.05) is 54.6 Å². The fourth-order valence-corrected chi connectivity index (χ4v) is 3.87. The molecule has 0 aromatic heterocycles. The summed E-state index contributed by atoms with van der Waals surface area (Å²) in [5.74, 6) is -1.58. The minimum Gasteiger partial charge on any atom is -0.507 e. The molecule has 6 heteroatoms. The van der Waals surface area contributed by atoms with Crippen molar-refractivity contribution in [2.45, 2.75) is 19.5 Å². The Hall–Kier alpha value is -3.93. The van der Waals surface area contributed by atoms with Gasteiger partial charge < -0.3 is 14.7 Å². The van der Waals surface area contributed by atoms with E-state index < -0.39 is 17.7 Å². The highest BCUT2D eigenvalue weighted by atomic mass is 19.1. The molecule has 3 aromatic rings. The molecule has 32 heavy (non-hydrogen) atoms. The van der Waals surface area contributed by atoms with E-state index in [1.165, 1.54) is 17.0 Å². The largest absolute Gasteiger partial charge is 0.507 e. The van der Waals surface area contributed by atoms with Crippen LogP contribution in [0.1, 0.15) is 29.7 Å². The topological polar surface area (TPSA) is 66.8 Å². The average molecular weight is 431 g/mol. The van der Waals surface area contributed by atoms with Crippen molar-refractivity contribution in [2.75, 3.05) is 6.61 Å². The van der Waals surface area contributed by atoms with Gasteiger partial charge in [0.2, 0.25) is 0 Å². The number of aliphatic hydroxyl groups excluding tert-OH is 1. The molecular weight excluding hydrogens is 409 g/mol. The first kappa shape index (κ1) is 21.3. The maximum atomic E-state index is 13.3. The Morgan fingerprint density at radius 3 is 2.41 bits per heavy atom. The van der Waals surface area contributed by atoms with E-state index in [1.54, 1.807) is 48.5 Å². The number of Topliss-reactive ketones (excluding diaryl/α,β-unsaturated/α-hetero) is 1. The Bertz CT molecular complexity index is 1170. The molecule has 0 aliphatic carbocycles. The molecule has 1 saturated heterocycles. The number of nitrogens with zero attached hydrogens (tertiary/aromatic N) is 1. The Morgan fingerprint density at radius 2 is 1.72 bits per heavy atom. The Morgan fingerprint density at radius 1 is 1.00 bits per heavy atom. The summed E-state index contributed by atoms with van der Waals surface area (Å²) >= 11 is 0. The molecule has 3 aromatic carbocycles. The van der Waals surface area contributed by atoms with Crippen LogP contribution < -0.4 is 4.74 Å². The molecule has 1 fully saturated rings. The van der Waals surface area contributed by atoms with Crippen molar-refractivity contribution in [3.8, 4) is 5.75 Å². The number of carbonyl (C=O) groups excluding carboxylic acids is 2. The Balaban J connectivity index is 1.82. The number of hydrogen-bond acceptors (Lipinski definition) is 4. The third kappa shape index (κ3) is 4.12. The first-order valence-electron chi connectivity index (χ1n) is 10.3. The molecule has 1 aliphatic heterocycles. The maximum Gasteiger partial charge on any atom is 0.295 e. The maximum absolute atomic E-state index is 13.3. The van der Waals surface area contributed by atoms with Crippen LogP contribution in [0.3, 0.4) is 0 Å². The van der Waals surface area contributed by atoms with Gasteiger partial charge in [-0.05, 0) is 42.3 Å². The van der Waals surface area contributed by atoms with E-state index in [0.29, 0.717) is 29.0 Å². The third-order valence-electron chi connectivity index (χ3n) is 5.34. The van der Waals surface area contributed by atoms with Gasteiger partial charge in [0.25, 0.3) is 11.7 Å². The van der Waals surface area contributed by atoms with Crippen molar-refractivity contribution in [2.24, 2.45) is 0 Å². The van der Waals surface area contributed by atoms with Gasteiger partial charge in [-0.25, -0.2) is 4.39 Å². The van der Waals surface area contributed by atoms with Crippen molar-refractivity contribution in [1.29, 1.82) is 0 Å². The average Bonchev–Trinajstić information content (AvgIpc) is 3.06. The second-order valence-electron chi connectivity index (χ2n) is 7.42. The zero-order valence-corrected chi connectivity index (χ0v) is 17.5. The van der Waals surface area contributed by atoms with Crippen LogP contribution in [0.2, 0.25) is 0 Å². The second kappa shape index (κ2) is 9.06. The van der Waals surface area contributed by atoms with E-state index in [2.05, 4.69) is 0 Å². The molecule has 1 aliphatic rings. The van der Waals surface area contributed by atoms with Gasteiger partial charge >= 0.3 is 0 Å². The molecular formula is C26H22FNO4. The number of carbonyl (C=O) groups is 2. The molecule has 1 atom stereocenters. The van der Waals surface area contributed by atoms with Gasteiger partial charge in [-0.15, -0.1) is 0 Å². The highest BCUT2D eigenvalue weighted by Gasteiger charge is 2.46. The normalized spacial score (nSPS) is 17.6. The lowest BCUT2D eigenvalue weighted by molar-refractivity contribution is -0.140. The highest BCUT2D eigenvalue weighted by molar-refractivity contribution is 6.46. The molecule has 1 heterocycles. The van der Waals surface area contributed by atoms with E-state index in [1.807, 2.05) is 25.1 Å². The van der Waals surface area contributed by atoms with Crippen molar-refractivity contribution < 1.29 is 23.8 Å². The van der Waals surface area contributed by atoms with Crippen molar-refractivity contribution in [3.63, 3.8) is 0 Å². The van der Waals surface area contributed by atoms with Gasteiger partial charge in [-0.2, -0.15) is 0 Å². The summed E-state index contributed by atoms with van der Waals surface area (Å²) in [5.41, 5.74) is 1.76. The number of ether oxygens (including phenoxy) is 1. The van der Waals surface area contributed by atoms with E-state index in [4.69, 9.17) is 4.74 Å². The molecule has 4 rings (SSSR count). The summed E-state index contributed by atoms with van der Waals surface area (Å²) in [4.78, 5) is 27.5. The molecule has 0 bridgehead atoms. The third-order valence-corrected chi connectivity index (χ3v) is 5.34. The fraction of sp³-hybridized carbons (Fsp3) is 0.154. The van der Waals surface area contributed by atoms with Crippen molar-refractivity contribution in [1.82, 2.24) is 4.90 Å². The lowest BCUT2D eigenvalue weighted by atomic mass is 9.95. The molecule has 1 amide bonds. The number of hydrogen-bond donors (Lipinski definition) is 1. The Kier molecular flexibility index (Phi) is 6.03. The van der Waals surface area contributed by atoms with Crippen LogP contribution in [0.5, 0.6) is 5.75 Å². The van der Waals surface area contributed by atoms with Gasteiger partial charge in [0.15, 0.2) is 0 Å². The van der Waals surface area contributed by atoms with Crippen molar-refractivity contribution in [3.05, 3.63) is 107 Å². The predicted molar refractivity (Wildman–Crippen MR) is 118 cm³/mol. The second-order valence-corrected chi connectivity index (χ2v) is 7.42. The van der Waals surface area contributed by atoms with Gasteiger partial charge in [0.05, 0.1) is 18.2 Å². The monoisotopic (exact) mass is 431 g/mol. The zero-order valence-electron chi connectivity index (χ0n) is 17.5. The first-order chi connectivity index (χ1) is 15.5. The van der Waals surface area contributed by atoms with Crippen LogP contribution in [0.25, 0.3) is 5.76 Å². The molecule has 5 nitrogen and oxygen atoms in total. The summed E-state index contributed by atoms with van der Waals surface area (Å²) in [6, 6.07) is 20.8. The van der Waals surface area contributed by atoms with E-state index >= 15 is 0 Å². The van der Waals surface area contributed by atoms with Crippen LogP contribution in [-0.4, -0.2) is 28.3 Å². The quantitative estimate of drug-likeness (QED) is 0.344. The zero-order chi connectivity index (χ0) is 22.7. The minimum absolute atomic E-state index is 0.0111. The molecule has 1 N–H and O–H groups in total. The molecule has 0 spiro atoms. The smallest absolute Gasteiger partial charge is 0.295 e. The Labute approximate surface area is 185 Å².